The molecule has 0 bridgehead atoms. The Morgan fingerprint density at radius 3 is 2.54 bits per heavy atom. The van der Waals surface area contributed by atoms with E-state index in [0.717, 1.165) is 49.7 Å². The molecule has 2 aromatic rings. The van der Waals surface area contributed by atoms with Gasteiger partial charge in [0.25, 0.3) is 0 Å². The maximum absolute atomic E-state index is 12.4. The van der Waals surface area contributed by atoms with Gasteiger partial charge in [0, 0.05) is 26.1 Å². The molecule has 2 fully saturated rings. The summed E-state index contributed by atoms with van der Waals surface area (Å²) in [5.41, 5.74) is 2.05. The lowest BCUT2D eigenvalue weighted by atomic mass is 9.81. The lowest BCUT2D eigenvalue weighted by Gasteiger charge is -2.19. The fourth-order valence-corrected chi connectivity index (χ4v) is 4.42. The molecule has 1 saturated heterocycles. The van der Waals surface area contributed by atoms with E-state index in [-0.39, 0.29) is 42.5 Å². The van der Waals surface area contributed by atoms with Gasteiger partial charge in [-0.25, -0.2) is 4.98 Å². The minimum Gasteiger partial charge on any atom is -0.356 e. The van der Waals surface area contributed by atoms with E-state index in [1.165, 1.54) is 4.90 Å². The van der Waals surface area contributed by atoms with Gasteiger partial charge in [0.2, 0.25) is 17.7 Å². The molecule has 28 heavy (non-hydrogen) atoms. The number of fused-ring (bicyclic) bond motifs is 2. The highest BCUT2D eigenvalue weighted by Gasteiger charge is 2.47. The van der Waals surface area contributed by atoms with Crippen LogP contribution in [0.3, 0.4) is 0 Å². The third-order valence-electron chi connectivity index (χ3n) is 5.92. The average molecular weight is 382 g/mol. The molecule has 0 spiro atoms. The van der Waals surface area contributed by atoms with Crippen molar-refractivity contribution in [3.8, 4) is 0 Å². The molecule has 1 aromatic heterocycles. The first-order valence-electron chi connectivity index (χ1n) is 10.2. The van der Waals surface area contributed by atoms with E-state index in [2.05, 4.69) is 14.9 Å². The van der Waals surface area contributed by atoms with E-state index < -0.39 is 0 Å². The van der Waals surface area contributed by atoms with Crippen LogP contribution in [0, 0.1) is 11.8 Å². The van der Waals surface area contributed by atoms with Gasteiger partial charge in [0.05, 0.1) is 29.2 Å². The summed E-state index contributed by atoms with van der Waals surface area (Å²) in [5, 5.41) is 2.89. The molecule has 2 aliphatic rings. The predicted octanol–water partition coefficient (Wildman–Crippen LogP) is 2.11. The zero-order valence-corrected chi connectivity index (χ0v) is 16.0. The van der Waals surface area contributed by atoms with E-state index in [1.807, 2.05) is 30.6 Å². The summed E-state index contributed by atoms with van der Waals surface area (Å²) in [6, 6.07) is 7.96. The average Bonchev–Trinajstić information content (AvgIpc) is 3.24. The molecule has 1 aromatic carbocycles. The Morgan fingerprint density at radius 2 is 1.79 bits per heavy atom. The number of rotatable bonds is 7. The van der Waals surface area contributed by atoms with E-state index >= 15 is 0 Å². The summed E-state index contributed by atoms with van der Waals surface area (Å²) in [7, 11) is 0. The van der Waals surface area contributed by atoms with Crippen molar-refractivity contribution < 1.29 is 14.4 Å². The number of likely N-dealkylation sites (tertiary alicyclic amines) is 1. The lowest BCUT2D eigenvalue weighted by Crippen LogP contribution is -2.35. The van der Waals surface area contributed by atoms with Crippen molar-refractivity contribution in [3.05, 3.63) is 30.6 Å². The van der Waals surface area contributed by atoms with Gasteiger partial charge in [-0.1, -0.05) is 25.0 Å². The Hall–Kier alpha value is -2.70. The van der Waals surface area contributed by atoms with Crippen LogP contribution in [0.4, 0.5) is 0 Å². The highest BCUT2D eigenvalue weighted by Crippen LogP contribution is 2.37. The van der Waals surface area contributed by atoms with E-state index in [0.29, 0.717) is 6.54 Å². The van der Waals surface area contributed by atoms with Crippen molar-refractivity contribution in [1.29, 1.82) is 0 Å². The summed E-state index contributed by atoms with van der Waals surface area (Å²) in [6.07, 6.45) is 6.42. The number of amides is 3. The second kappa shape index (κ2) is 8.12. The highest BCUT2D eigenvalue weighted by molar-refractivity contribution is 6.05. The predicted molar refractivity (Wildman–Crippen MR) is 104 cm³/mol. The van der Waals surface area contributed by atoms with Crippen molar-refractivity contribution in [2.75, 3.05) is 13.1 Å². The van der Waals surface area contributed by atoms with Crippen LogP contribution in [0.1, 0.15) is 38.5 Å². The summed E-state index contributed by atoms with van der Waals surface area (Å²) in [5.74, 6) is -0.557. The van der Waals surface area contributed by atoms with Crippen molar-refractivity contribution in [2.24, 2.45) is 11.8 Å². The van der Waals surface area contributed by atoms with Crippen LogP contribution >= 0.6 is 0 Å². The number of carbonyl (C=O) groups is 3. The first-order chi connectivity index (χ1) is 13.6. The molecule has 2 unspecified atom stereocenters. The maximum atomic E-state index is 12.4. The maximum Gasteiger partial charge on any atom is 0.233 e. The van der Waals surface area contributed by atoms with Crippen molar-refractivity contribution in [1.82, 2.24) is 19.8 Å². The van der Waals surface area contributed by atoms with Gasteiger partial charge >= 0.3 is 0 Å². The van der Waals surface area contributed by atoms with Crippen LogP contribution in [0.15, 0.2) is 30.6 Å². The Bertz CT molecular complexity index is 867. The molecule has 2 atom stereocenters. The molecule has 1 saturated carbocycles. The number of nitrogens with one attached hydrogen (secondary N) is 1. The Morgan fingerprint density at radius 1 is 1.07 bits per heavy atom. The minimum absolute atomic E-state index is 0.0746. The topological polar surface area (TPSA) is 84.3 Å². The van der Waals surface area contributed by atoms with E-state index in [9.17, 15) is 14.4 Å². The number of imidazole rings is 1. The molecule has 0 radical (unpaired) electrons. The van der Waals surface area contributed by atoms with Crippen LogP contribution < -0.4 is 5.32 Å². The van der Waals surface area contributed by atoms with Crippen LogP contribution in [-0.4, -0.2) is 45.3 Å². The third kappa shape index (κ3) is 3.66. The molecule has 1 N–H and O–H groups in total. The minimum atomic E-state index is -0.144. The number of para-hydroxylation sites is 2. The second-order valence-electron chi connectivity index (χ2n) is 7.71. The van der Waals surface area contributed by atoms with Crippen LogP contribution in [0.2, 0.25) is 0 Å². The molecule has 4 rings (SSSR count). The molecule has 1 aliphatic carbocycles. The standard InChI is InChI=1S/C21H26N4O3/c26-19(10-13-25-20(27)15-6-1-2-7-16(15)21(25)28)22-11-5-12-24-14-23-17-8-3-4-9-18(17)24/h3-4,8-9,14-16H,1-2,5-7,10-13H2,(H,22,26). The Kier molecular flexibility index (Phi) is 5.41. The van der Waals surface area contributed by atoms with Gasteiger partial charge in [-0.2, -0.15) is 0 Å². The number of aryl methyl sites for hydroxylation is 1. The summed E-state index contributed by atoms with van der Waals surface area (Å²) < 4.78 is 2.07. The number of carbonyl (C=O) groups excluding carboxylic acids is 3. The molecular formula is C21H26N4O3. The monoisotopic (exact) mass is 382 g/mol. The molecule has 148 valence electrons. The van der Waals surface area contributed by atoms with Gasteiger partial charge in [0.15, 0.2) is 0 Å². The number of benzene rings is 1. The quantitative estimate of drug-likeness (QED) is 0.587. The molecule has 7 nitrogen and oxygen atoms in total. The smallest absolute Gasteiger partial charge is 0.233 e. The molecule has 1 aliphatic heterocycles. The Balaban J connectivity index is 1.20. The number of hydrogen-bond donors (Lipinski definition) is 1. The highest BCUT2D eigenvalue weighted by atomic mass is 16.2. The number of aromatic nitrogens is 2. The van der Waals surface area contributed by atoms with Crippen LogP contribution in [-0.2, 0) is 20.9 Å². The summed E-state index contributed by atoms with van der Waals surface area (Å²) >= 11 is 0. The SMILES string of the molecule is O=C(CCN1C(=O)C2CCCCC2C1=O)NCCCn1cnc2ccccc21. The zero-order valence-electron chi connectivity index (χ0n) is 16.0. The second-order valence-corrected chi connectivity index (χ2v) is 7.71. The first kappa shape index (κ1) is 18.7. The molecular weight excluding hydrogens is 356 g/mol. The van der Waals surface area contributed by atoms with Crippen molar-refractivity contribution in [2.45, 2.75) is 45.1 Å². The first-order valence-corrected chi connectivity index (χ1v) is 10.2. The molecule has 2 heterocycles. The largest absolute Gasteiger partial charge is 0.356 e. The van der Waals surface area contributed by atoms with Gasteiger partial charge in [-0.3, -0.25) is 19.3 Å². The number of hydrogen-bond acceptors (Lipinski definition) is 4. The summed E-state index contributed by atoms with van der Waals surface area (Å²) in [6.45, 7) is 1.52. The van der Waals surface area contributed by atoms with Gasteiger partial charge in [0.1, 0.15) is 0 Å². The van der Waals surface area contributed by atoms with Gasteiger partial charge in [-0.15, -0.1) is 0 Å². The van der Waals surface area contributed by atoms with E-state index in [4.69, 9.17) is 0 Å². The van der Waals surface area contributed by atoms with Gasteiger partial charge < -0.3 is 9.88 Å². The van der Waals surface area contributed by atoms with Crippen LogP contribution in [0.25, 0.3) is 11.0 Å². The number of imide groups is 1. The van der Waals surface area contributed by atoms with Crippen molar-refractivity contribution >= 4 is 28.8 Å². The normalized spacial score (nSPS) is 21.9. The van der Waals surface area contributed by atoms with E-state index in [1.54, 1.807) is 0 Å². The molecule has 7 heteroatoms. The third-order valence-corrected chi connectivity index (χ3v) is 5.92. The van der Waals surface area contributed by atoms with Gasteiger partial charge in [-0.05, 0) is 31.4 Å². The summed E-state index contributed by atoms with van der Waals surface area (Å²) in [4.78, 5) is 42.6. The fraction of sp³-hybridized carbons (Fsp3) is 0.524. The zero-order chi connectivity index (χ0) is 19.5. The lowest BCUT2D eigenvalue weighted by molar-refractivity contribution is -0.140. The van der Waals surface area contributed by atoms with Crippen molar-refractivity contribution in [3.63, 3.8) is 0 Å². The fourth-order valence-electron chi connectivity index (χ4n) is 4.42. The molecule has 3 amide bonds. The van der Waals surface area contributed by atoms with Crippen LogP contribution in [0.5, 0.6) is 0 Å². The Labute approximate surface area is 164 Å². The number of nitrogens with zero attached hydrogens (tertiary/aromatic N) is 3.